The number of imidazole rings is 1. The minimum absolute atomic E-state index is 0.0342. The highest BCUT2D eigenvalue weighted by atomic mass is 16.3. The molecule has 2 unspecified atom stereocenters. The fourth-order valence-electron chi connectivity index (χ4n) is 4.58. The van der Waals surface area contributed by atoms with Gasteiger partial charge in [0.1, 0.15) is 5.60 Å². The molecule has 1 fully saturated rings. The lowest BCUT2D eigenvalue weighted by molar-refractivity contribution is 0.0357. The summed E-state index contributed by atoms with van der Waals surface area (Å²) in [6.45, 7) is 7.32. The number of aliphatic hydroxyl groups is 1. The van der Waals surface area contributed by atoms with Crippen LogP contribution in [0.1, 0.15) is 39.2 Å². The summed E-state index contributed by atoms with van der Waals surface area (Å²) in [6.07, 6.45) is 3.92. The number of hydrogen-bond donors (Lipinski definition) is 2. The molecule has 2 atom stereocenters. The van der Waals surface area contributed by atoms with Gasteiger partial charge in [-0.15, -0.1) is 0 Å². The standard InChI is InChI=1S/C25H34N6O3/c1-17(2)12-14-30-20-21(27-23(30)29-13-8-11-19(26)15-29)28(4)24(33)31(22(20)32)16-25(3,34)18-9-6-5-7-10-18/h5-7,9-10,12,19,34H,8,11,13-16,26H2,1-4H3. The van der Waals surface area contributed by atoms with Gasteiger partial charge in [-0.3, -0.25) is 13.9 Å². The van der Waals surface area contributed by atoms with Crippen LogP contribution >= 0.6 is 0 Å². The number of piperidine rings is 1. The van der Waals surface area contributed by atoms with Crippen molar-refractivity contribution in [1.82, 2.24) is 18.7 Å². The Morgan fingerprint density at radius 2 is 1.94 bits per heavy atom. The lowest BCUT2D eigenvalue weighted by Gasteiger charge is -2.31. The second-order valence-corrected chi connectivity index (χ2v) is 9.70. The smallest absolute Gasteiger partial charge is 0.332 e. The maximum atomic E-state index is 13.8. The molecular formula is C25H34N6O3. The van der Waals surface area contributed by atoms with Crippen molar-refractivity contribution in [3.8, 4) is 0 Å². The van der Waals surface area contributed by atoms with Crippen LogP contribution in [-0.2, 0) is 25.7 Å². The van der Waals surface area contributed by atoms with Crippen molar-refractivity contribution in [2.45, 2.75) is 58.3 Å². The topological polar surface area (TPSA) is 111 Å². The number of nitrogens with two attached hydrogens (primary N) is 1. The van der Waals surface area contributed by atoms with Crippen molar-refractivity contribution in [1.29, 1.82) is 0 Å². The summed E-state index contributed by atoms with van der Waals surface area (Å²) in [5, 5.41) is 11.2. The number of aryl methyl sites for hydroxylation is 1. The third-order valence-electron chi connectivity index (χ3n) is 6.50. The molecule has 1 aromatic carbocycles. The highest BCUT2D eigenvalue weighted by Gasteiger charge is 2.29. The van der Waals surface area contributed by atoms with E-state index in [1.54, 1.807) is 26.1 Å². The third kappa shape index (κ3) is 4.45. The molecule has 1 aliphatic rings. The van der Waals surface area contributed by atoms with Gasteiger partial charge in [0, 0.05) is 32.7 Å². The van der Waals surface area contributed by atoms with E-state index in [4.69, 9.17) is 10.7 Å². The predicted molar refractivity (Wildman–Crippen MR) is 134 cm³/mol. The van der Waals surface area contributed by atoms with Gasteiger partial charge < -0.3 is 20.3 Å². The van der Waals surface area contributed by atoms with Crippen LogP contribution in [0.25, 0.3) is 11.2 Å². The Morgan fingerprint density at radius 3 is 2.59 bits per heavy atom. The zero-order chi connectivity index (χ0) is 24.6. The number of rotatable bonds is 6. The van der Waals surface area contributed by atoms with Gasteiger partial charge >= 0.3 is 5.69 Å². The Balaban J connectivity index is 1.91. The summed E-state index contributed by atoms with van der Waals surface area (Å²) >= 11 is 0. The maximum absolute atomic E-state index is 13.8. The van der Waals surface area contributed by atoms with Crippen LogP contribution in [-0.4, -0.2) is 42.9 Å². The monoisotopic (exact) mass is 466 g/mol. The first-order valence-corrected chi connectivity index (χ1v) is 11.7. The van der Waals surface area contributed by atoms with E-state index >= 15 is 0 Å². The van der Waals surface area contributed by atoms with Crippen LogP contribution in [0.2, 0.25) is 0 Å². The van der Waals surface area contributed by atoms with E-state index in [-0.39, 0.29) is 12.6 Å². The van der Waals surface area contributed by atoms with E-state index < -0.39 is 16.9 Å². The number of hydrogen-bond acceptors (Lipinski definition) is 6. The Bertz CT molecular complexity index is 1330. The maximum Gasteiger partial charge on any atom is 0.332 e. The average molecular weight is 467 g/mol. The molecule has 2 aromatic heterocycles. The van der Waals surface area contributed by atoms with E-state index in [9.17, 15) is 14.7 Å². The fraction of sp³-hybridized carbons (Fsp3) is 0.480. The fourth-order valence-corrected chi connectivity index (χ4v) is 4.58. The van der Waals surface area contributed by atoms with E-state index in [1.807, 2.05) is 42.7 Å². The van der Waals surface area contributed by atoms with Crippen LogP contribution in [0.15, 0.2) is 51.6 Å². The van der Waals surface area contributed by atoms with Gasteiger partial charge in [0.15, 0.2) is 11.2 Å². The molecular weight excluding hydrogens is 432 g/mol. The number of allylic oxidation sites excluding steroid dienone is 2. The van der Waals surface area contributed by atoms with Gasteiger partial charge in [-0.25, -0.2) is 4.79 Å². The first-order chi connectivity index (χ1) is 16.1. The number of nitrogens with zero attached hydrogens (tertiary/aromatic N) is 5. The third-order valence-corrected chi connectivity index (χ3v) is 6.50. The number of benzene rings is 1. The zero-order valence-electron chi connectivity index (χ0n) is 20.4. The van der Waals surface area contributed by atoms with Crippen LogP contribution < -0.4 is 21.9 Å². The van der Waals surface area contributed by atoms with Crippen molar-refractivity contribution < 1.29 is 5.11 Å². The van der Waals surface area contributed by atoms with Crippen molar-refractivity contribution in [3.63, 3.8) is 0 Å². The van der Waals surface area contributed by atoms with Gasteiger partial charge in [0.05, 0.1) is 6.54 Å². The molecule has 1 aliphatic heterocycles. The van der Waals surface area contributed by atoms with Gasteiger partial charge in [0.2, 0.25) is 5.95 Å². The van der Waals surface area contributed by atoms with E-state index in [2.05, 4.69) is 4.90 Å². The van der Waals surface area contributed by atoms with Crippen molar-refractivity contribution >= 4 is 17.1 Å². The molecule has 3 aromatic rings. The van der Waals surface area contributed by atoms with Crippen LogP contribution in [0.4, 0.5) is 5.95 Å². The minimum Gasteiger partial charge on any atom is -0.384 e. The van der Waals surface area contributed by atoms with E-state index in [0.717, 1.165) is 29.5 Å². The average Bonchev–Trinajstić information content (AvgIpc) is 3.19. The molecule has 3 heterocycles. The summed E-state index contributed by atoms with van der Waals surface area (Å²) < 4.78 is 4.38. The van der Waals surface area contributed by atoms with Crippen LogP contribution in [0.5, 0.6) is 0 Å². The first-order valence-electron chi connectivity index (χ1n) is 11.7. The van der Waals surface area contributed by atoms with Crippen LogP contribution in [0.3, 0.4) is 0 Å². The summed E-state index contributed by atoms with van der Waals surface area (Å²) in [6, 6.07) is 9.09. The molecule has 0 bridgehead atoms. The Labute approximate surface area is 198 Å². The van der Waals surface area contributed by atoms with Gasteiger partial charge in [-0.2, -0.15) is 4.98 Å². The molecule has 9 heteroatoms. The summed E-state index contributed by atoms with van der Waals surface area (Å²) in [5.74, 6) is 0.641. The molecule has 0 saturated carbocycles. The normalized spacial score (nSPS) is 18.2. The second kappa shape index (κ2) is 9.23. The number of fused-ring (bicyclic) bond motifs is 1. The van der Waals surface area contributed by atoms with Crippen molar-refractivity contribution in [2.75, 3.05) is 18.0 Å². The summed E-state index contributed by atoms with van der Waals surface area (Å²) in [7, 11) is 1.61. The quantitative estimate of drug-likeness (QED) is 0.535. The number of anilines is 1. The molecule has 1 saturated heterocycles. The second-order valence-electron chi connectivity index (χ2n) is 9.70. The molecule has 4 rings (SSSR count). The van der Waals surface area contributed by atoms with Crippen LogP contribution in [0, 0.1) is 0 Å². The molecule has 0 radical (unpaired) electrons. The van der Waals surface area contributed by atoms with Crippen molar-refractivity contribution in [2.24, 2.45) is 12.8 Å². The van der Waals surface area contributed by atoms with Gasteiger partial charge in [-0.1, -0.05) is 42.0 Å². The molecule has 34 heavy (non-hydrogen) atoms. The lowest BCUT2D eigenvalue weighted by atomic mass is 9.96. The first kappa shape index (κ1) is 24.0. The SMILES string of the molecule is CC(C)=CCn1c(N2CCCC(N)C2)nc2c1c(=O)n(CC(C)(O)c1ccccc1)c(=O)n2C. The molecule has 182 valence electrons. The highest BCUT2D eigenvalue weighted by Crippen LogP contribution is 2.25. The Kier molecular flexibility index (Phi) is 6.51. The van der Waals surface area contributed by atoms with Crippen molar-refractivity contribution in [3.05, 3.63) is 68.4 Å². The molecule has 3 N–H and O–H groups in total. The Morgan fingerprint density at radius 1 is 1.24 bits per heavy atom. The lowest BCUT2D eigenvalue weighted by Crippen LogP contribution is -2.45. The number of aromatic nitrogens is 4. The zero-order valence-corrected chi connectivity index (χ0v) is 20.4. The molecule has 9 nitrogen and oxygen atoms in total. The van der Waals surface area contributed by atoms with E-state index in [1.165, 1.54) is 4.57 Å². The summed E-state index contributed by atoms with van der Waals surface area (Å²) in [4.78, 5) is 33.9. The minimum atomic E-state index is -1.40. The molecule has 0 aliphatic carbocycles. The molecule has 0 spiro atoms. The largest absolute Gasteiger partial charge is 0.384 e. The summed E-state index contributed by atoms with van der Waals surface area (Å²) in [5.41, 5.74) is 6.27. The van der Waals surface area contributed by atoms with Gasteiger partial charge in [0.25, 0.3) is 5.56 Å². The Hall–Kier alpha value is -3.17. The predicted octanol–water partition coefficient (Wildman–Crippen LogP) is 1.70. The van der Waals surface area contributed by atoms with E-state index in [0.29, 0.717) is 35.8 Å². The highest BCUT2D eigenvalue weighted by molar-refractivity contribution is 5.74. The molecule has 0 amide bonds. The van der Waals surface area contributed by atoms with Gasteiger partial charge in [-0.05, 0) is 39.2 Å².